The minimum Gasteiger partial charge on any atom is -0.462 e. The van der Waals surface area contributed by atoms with Gasteiger partial charge in [0, 0.05) is 12.8 Å². The zero-order chi connectivity index (χ0) is 45.1. The lowest BCUT2D eigenvalue weighted by Gasteiger charge is -2.24. The molecule has 2 unspecified atom stereocenters. The van der Waals surface area contributed by atoms with Crippen molar-refractivity contribution in [2.75, 3.05) is 47.5 Å². The number of esters is 2. The second-order valence-electron chi connectivity index (χ2n) is 16.3. The minimum atomic E-state index is -4.43. The van der Waals surface area contributed by atoms with Crippen molar-refractivity contribution in [1.82, 2.24) is 0 Å². The summed E-state index contributed by atoms with van der Waals surface area (Å²) in [5.41, 5.74) is 0. The van der Waals surface area contributed by atoms with Gasteiger partial charge in [0.1, 0.15) is 19.8 Å². The number of phosphoric acid groups is 1. The Morgan fingerprint density at radius 2 is 1.10 bits per heavy atom. The Morgan fingerprint density at radius 1 is 0.590 bits per heavy atom. The molecule has 0 rings (SSSR count). The number of nitrogens with zero attached hydrogens (tertiary/aromatic N) is 1. The Labute approximate surface area is 371 Å². The second kappa shape index (κ2) is 40.9. The zero-order valence-corrected chi connectivity index (χ0v) is 39.6. The number of carbonyl (C=O) groups excluding carboxylic acids is 2. The molecule has 0 aromatic heterocycles. The second-order valence-corrected chi connectivity index (χ2v) is 17.7. The minimum absolute atomic E-state index is 0.00268. The molecule has 3 atom stereocenters. The summed E-state index contributed by atoms with van der Waals surface area (Å²) in [6.45, 7) is 4.13. The quantitative estimate of drug-likeness (QED) is 0.0154. The van der Waals surface area contributed by atoms with Crippen molar-refractivity contribution in [2.24, 2.45) is 0 Å². The van der Waals surface area contributed by atoms with Gasteiger partial charge in [-0.25, -0.2) is 4.57 Å². The number of rotatable bonds is 40. The molecule has 0 aromatic rings. The molecular weight excluding hydrogens is 790 g/mol. The molecule has 0 fully saturated rings. The lowest BCUT2D eigenvalue weighted by molar-refractivity contribution is -0.870. The molecule has 0 spiro atoms. The highest BCUT2D eigenvalue weighted by Gasteiger charge is 2.27. The maximum absolute atomic E-state index is 12.7. The fourth-order valence-corrected chi connectivity index (χ4v) is 6.22. The first-order valence-corrected chi connectivity index (χ1v) is 24.6. The first kappa shape index (κ1) is 57.9. The van der Waals surface area contributed by atoms with E-state index >= 15 is 0 Å². The topological polar surface area (TPSA) is 129 Å². The normalized spacial score (nSPS) is 14.9. The smallest absolute Gasteiger partial charge is 0.462 e. The van der Waals surface area contributed by atoms with Gasteiger partial charge in [0.2, 0.25) is 0 Å². The highest BCUT2D eigenvalue weighted by Crippen LogP contribution is 2.43. The van der Waals surface area contributed by atoms with Crippen LogP contribution in [-0.4, -0.2) is 86.1 Å². The summed E-state index contributed by atoms with van der Waals surface area (Å²) in [4.78, 5) is 35.4. The number of hydrogen-bond donors (Lipinski definition) is 2. The van der Waals surface area contributed by atoms with Gasteiger partial charge >= 0.3 is 19.8 Å². The van der Waals surface area contributed by atoms with Gasteiger partial charge < -0.3 is 24.0 Å². The number of unbranched alkanes of at least 4 members (excludes halogenated alkanes) is 10. The van der Waals surface area contributed by atoms with E-state index in [0.717, 1.165) is 51.4 Å². The lowest BCUT2D eigenvalue weighted by atomic mass is 10.1. The van der Waals surface area contributed by atoms with Crippen LogP contribution >= 0.6 is 7.82 Å². The van der Waals surface area contributed by atoms with Gasteiger partial charge in [-0.05, 0) is 89.9 Å². The molecule has 0 bridgehead atoms. The third-order valence-electron chi connectivity index (χ3n) is 9.17. The first-order valence-electron chi connectivity index (χ1n) is 23.1. The number of hydrogen-bond acceptors (Lipinski definition) is 8. The molecule has 0 radical (unpaired) electrons. The summed E-state index contributed by atoms with van der Waals surface area (Å²) in [5, 5.41) is 10.1. The lowest BCUT2D eigenvalue weighted by Crippen LogP contribution is -2.37. The molecular formula is C50H85NO9P+. The van der Waals surface area contributed by atoms with E-state index in [0.29, 0.717) is 36.7 Å². The van der Waals surface area contributed by atoms with Gasteiger partial charge in [-0.1, -0.05) is 143 Å². The van der Waals surface area contributed by atoms with E-state index in [1.54, 1.807) is 12.2 Å². The predicted molar refractivity (Wildman–Crippen MR) is 253 cm³/mol. The van der Waals surface area contributed by atoms with Crippen molar-refractivity contribution in [1.29, 1.82) is 0 Å². The van der Waals surface area contributed by atoms with E-state index < -0.39 is 38.6 Å². The molecule has 0 aliphatic carbocycles. The number of ether oxygens (including phenoxy) is 2. The van der Waals surface area contributed by atoms with Crippen molar-refractivity contribution >= 4 is 19.8 Å². The van der Waals surface area contributed by atoms with Crippen LogP contribution in [0.3, 0.4) is 0 Å². The summed E-state index contributed by atoms with van der Waals surface area (Å²) in [5.74, 6) is -0.975. The van der Waals surface area contributed by atoms with E-state index in [1.165, 1.54) is 44.9 Å². The summed E-state index contributed by atoms with van der Waals surface area (Å²) < 4.78 is 34.2. The maximum atomic E-state index is 12.7. The SMILES string of the molecule is CCCCC/C=C\C/C=C\C/C=C\C/C=C\CCCCCC(=O)O[C@H](COC(=O)CCC/C=C/C=C\C(O)C/C=C\C/C=C\CCCCC)COP(=O)(O)OCC[N+](C)(C)C. The highest BCUT2D eigenvalue weighted by atomic mass is 31.2. The van der Waals surface area contributed by atoms with Crippen molar-refractivity contribution in [2.45, 2.75) is 161 Å². The van der Waals surface area contributed by atoms with E-state index in [9.17, 15) is 24.2 Å². The largest absolute Gasteiger partial charge is 0.472 e. The number of quaternary nitrogens is 1. The van der Waals surface area contributed by atoms with Crippen molar-refractivity contribution < 1.29 is 47.2 Å². The molecule has 0 saturated carbocycles. The van der Waals surface area contributed by atoms with Crippen LogP contribution in [0.25, 0.3) is 0 Å². The van der Waals surface area contributed by atoms with Gasteiger partial charge in [-0.2, -0.15) is 0 Å². The molecule has 11 heteroatoms. The molecule has 0 heterocycles. The van der Waals surface area contributed by atoms with Gasteiger partial charge in [-0.15, -0.1) is 0 Å². The van der Waals surface area contributed by atoms with Crippen LogP contribution in [-0.2, 0) is 32.7 Å². The summed E-state index contributed by atoms with van der Waals surface area (Å²) in [6.07, 6.45) is 50.6. The predicted octanol–water partition coefficient (Wildman–Crippen LogP) is 12.3. The zero-order valence-electron chi connectivity index (χ0n) is 38.7. The first-order chi connectivity index (χ1) is 29.4. The van der Waals surface area contributed by atoms with E-state index in [1.807, 2.05) is 39.4 Å². The van der Waals surface area contributed by atoms with Gasteiger partial charge in [0.15, 0.2) is 6.10 Å². The highest BCUT2D eigenvalue weighted by molar-refractivity contribution is 7.47. The Bertz CT molecular complexity index is 1370. The number of aliphatic hydroxyl groups is 1. The summed E-state index contributed by atoms with van der Waals surface area (Å²) >= 11 is 0. The van der Waals surface area contributed by atoms with Crippen LogP contribution in [0.15, 0.2) is 97.2 Å². The van der Waals surface area contributed by atoms with Crippen molar-refractivity contribution in [3.63, 3.8) is 0 Å². The van der Waals surface area contributed by atoms with Gasteiger partial charge in [-0.3, -0.25) is 18.6 Å². The van der Waals surface area contributed by atoms with Gasteiger partial charge in [0.05, 0.1) is 33.9 Å². The summed E-state index contributed by atoms with van der Waals surface area (Å²) in [7, 11) is 1.36. The fraction of sp³-hybridized carbons (Fsp3) is 0.640. The van der Waals surface area contributed by atoms with Crippen molar-refractivity contribution in [3.8, 4) is 0 Å². The molecule has 0 saturated heterocycles. The van der Waals surface area contributed by atoms with E-state index in [4.69, 9.17) is 18.5 Å². The van der Waals surface area contributed by atoms with Crippen LogP contribution in [0.5, 0.6) is 0 Å². The molecule has 2 N–H and O–H groups in total. The monoisotopic (exact) mass is 875 g/mol. The third kappa shape index (κ3) is 44.7. The molecule has 0 aromatic carbocycles. The fourth-order valence-electron chi connectivity index (χ4n) is 5.48. The van der Waals surface area contributed by atoms with Crippen LogP contribution in [0, 0.1) is 0 Å². The average Bonchev–Trinajstić information content (AvgIpc) is 3.21. The standard InChI is InChI=1S/C50H84NO9P/c1-6-8-10-12-14-16-17-18-19-20-21-22-23-24-25-27-29-33-38-42-50(54)60-48(46-59-61(55,56)58-44-43-51(3,4)5)45-57-49(53)41-37-34-30-32-36-40-47(52)39-35-31-28-26-15-13-11-9-7-2/h14-16,18-19,21-22,24-26,30-32,35-36,40,47-48,52H,6-13,17,20,23,27-29,33-34,37-39,41-46H2,1-5H3/p+1/b16-14-,19-18-,22-21-,25-24-,26-15-,32-30+,35-31-,40-36-/t47?,48-/m1/s1. The third-order valence-corrected chi connectivity index (χ3v) is 10.2. The van der Waals surface area contributed by atoms with Crippen molar-refractivity contribution in [3.05, 3.63) is 97.2 Å². The van der Waals surface area contributed by atoms with Crippen LogP contribution in [0.2, 0.25) is 0 Å². The number of carbonyl (C=O) groups is 2. The van der Waals surface area contributed by atoms with E-state index in [2.05, 4.69) is 80.7 Å². The maximum Gasteiger partial charge on any atom is 0.472 e. The van der Waals surface area contributed by atoms with Gasteiger partial charge in [0.25, 0.3) is 0 Å². The number of allylic oxidation sites excluding steroid dienone is 14. The van der Waals surface area contributed by atoms with Crippen LogP contribution < -0.4 is 0 Å². The molecule has 348 valence electrons. The molecule has 0 aliphatic rings. The molecule has 0 aliphatic heterocycles. The average molecular weight is 875 g/mol. The Balaban J connectivity index is 4.59. The number of likely N-dealkylation sites (N-methyl/N-ethyl adjacent to an activating group) is 1. The Kier molecular flexibility index (Phi) is 38.8. The van der Waals surface area contributed by atoms with Crippen LogP contribution in [0.1, 0.15) is 149 Å². The number of phosphoric ester groups is 1. The number of aliphatic hydroxyl groups excluding tert-OH is 1. The molecule has 0 amide bonds. The van der Waals surface area contributed by atoms with Crippen LogP contribution in [0.4, 0.5) is 0 Å². The van der Waals surface area contributed by atoms with E-state index in [-0.39, 0.29) is 26.1 Å². The summed E-state index contributed by atoms with van der Waals surface area (Å²) in [6, 6.07) is 0. The molecule has 10 nitrogen and oxygen atoms in total. The Hall–Kier alpha value is -3.11. The Morgan fingerprint density at radius 3 is 1.66 bits per heavy atom. The molecule has 61 heavy (non-hydrogen) atoms.